The molecular formula is C12H17ClN2O. The van der Waals surface area contributed by atoms with Crippen molar-refractivity contribution in [1.82, 2.24) is 9.80 Å². The average Bonchev–Trinajstić information content (AvgIpc) is 2.31. The summed E-state index contributed by atoms with van der Waals surface area (Å²) in [7, 11) is 0. The summed E-state index contributed by atoms with van der Waals surface area (Å²) < 4.78 is 0. The van der Waals surface area contributed by atoms with Crippen molar-refractivity contribution in [2.24, 2.45) is 0 Å². The molecule has 88 valence electrons. The summed E-state index contributed by atoms with van der Waals surface area (Å²) in [5.41, 5.74) is 1.34. The molecule has 1 aliphatic heterocycles. The molecule has 0 atom stereocenters. The van der Waals surface area contributed by atoms with Crippen LogP contribution in [0.15, 0.2) is 30.3 Å². The van der Waals surface area contributed by atoms with Crippen molar-refractivity contribution >= 4 is 18.8 Å². The number of hydrogen-bond acceptors (Lipinski definition) is 2. The summed E-state index contributed by atoms with van der Waals surface area (Å²) in [6.07, 6.45) is 0.944. The second kappa shape index (κ2) is 6.51. The third-order valence-electron chi connectivity index (χ3n) is 2.80. The van der Waals surface area contributed by atoms with E-state index in [0.717, 1.165) is 39.1 Å². The lowest BCUT2D eigenvalue weighted by Gasteiger charge is -2.32. The molecule has 0 aromatic heterocycles. The SMILES string of the molecule is Cl.O=CN1CCN(Cc2ccccc2)CC1. The van der Waals surface area contributed by atoms with Gasteiger partial charge in [-0.2, -0.15) is 0 Å². The van der Waals surface area contributed by atoms with Crippen LogP contribution >= 0.6 is 12.4 Å². The maximum atomic E-state index is 10.5. The quantitative estimate of drug-likeness (QED) is 0.746. The molecule has 2 rings (SSSR count). The van der Waals surface area contributed by atoms with E-state index >= 15 is 0 Å². The van der Waals surface area contributed by atoms with Gasteiger partial charge >= 0.3 is 0 Å². The van der Waals surface area contributed by atoms with Gasteiger partial charge in [-0.05, 0) is 5.56 Å². The van der Waals surface area contributed by atoms with Crippen molar-refractivity contribution in [2.75, 3.05) is 26.2 Å². The molecule has 1 amide bonds. The van der Waals surface area contributed by atoms with Crippen LogP contribution in [0.25, 0.3) is 0 Å². The normalized spacial score (nSPS) is 16.6. The average molecular weight is 241 g/mol. The van der Waals surface area contributed by atoms with Crippen LogP contribution in [0.5, 0.6) is 0 Å². The van der Waals surface area contributed by atoms with E-state index in [1.165, 1.54) is 5.56 Å². The second-order valence-electron chi connectivity index (χ2n) is 3.90. The highest BCUT2D eigenvalue weighted by molar-refractivity contribution is 5.85. The highest BCUT2D eigenvalue weighted by Crippen LogP contribution is 2.07. The van der Waals surface area contributed by atoms with E-state index in [0.29, 0.717) is 0 Å². The molecule has 1 aromatic carbocycles. The lowest BCUT2D eigenvalue weighted by molar-refractivity contribution is -0.119. The molecule has 4 heteroatoms. The van der Waals surface area contributed by atoms with Crippen LogP contribution in [0.4, 0.5) is 0 Å². The van der Waals surface area contributed by atoms with Crippen LogP contribution in [0.3, 0.4) is 0 Å². The molecule has 0 spiro atoms. The predicted octanol–water partition coefficient (Wildman–Crippen LogP) is 1.38. The van der Waals surface area contributed by atoms with Gasteiger partial charge in [-0.3, -0.25) is 9.69 Å². The summed E-state index contributed by atoms with van der Waals surface area (Å²) >= 11 is 0. The molecular weight excluding hydrogens is 224 g/mol. The van der Waals surface area contributed by atoms with E-state index in [2.05, 4.69) is 29.2 Å². The van der Waals surface area contributed by atoms with Gasteiger partial charge in [0.2, 0.25) is 6.41 Å². The maximum Gasteiger partial charge on any atom is 0.209 e. The first kappa shape index (κ1) is 13.0. The van der Waals surface area contributed by atoms with Crippen LogP contribution in [0.2, 0.25) is 0 Å². The standard InChI is InChI=1S/C12H16N2O.ClH/c15-11-14-8-6-13(7-9-14)10-12-4-2-1-3-5-12;/h1-5,11H,6-10H2;1H. The number of hydrogen-bond donors (Lipinski definition) is 0. The van der Waals surface area contributed by atoms with Gasteiger partial charge in [0.05, 0.1) is 0 Å². The Hall–Kier alpha value is -1.06. The minimum Gasteiger partial charge on any atom is -0.343 e. The molecule has 1 aliphatic rings. The van der Waals surface area contributed by atoms with Crippen LogP contribution in [0.1, 0.15) is 5.56 Å². The summed E-state index contributed by atoms with van der Waals surface area (Å²) in [6, 6.07) is 10.5. The predicted molar refractivity (Wildman–Crippen MR) is 66.6 cm³/mol. The summed E-state index contributed by atoms with van der Waals surface area (Å²) in [6.45, 7) is 4.67. The molecule has 3 nitrogen and oxygen atoms in total. The van der Waals surface area contributed by atoms with Gasteiger partial charge < -0.3 is 4.90 Å². The largest absolute Gasteiger partial charge is 0.343 e. The fraction of sp³-hybridized carbons (Fsp3) is 0.417. The Bertz CT molecular complexity index is 310. The fourth-order valence-electron chi connectivity index (χ4n) is 1.87. The monoisotopic (exact) mass is 240 g/mol. The Labute approximate surface area is 102 Å². The second-order valence-corrected chi connectivity index (χ2v) is 3.90. The van der Waals surface area contributed by atoms with Crippen molar-refractivity contribution in [3.63, 3.8) is 0 Å². The van der Waals surface area contributed by atoms with E-state index in [4.69, 9.17) is 0 Å². The van der Waals surface area contributed by atoms with E-state index in [1.54, 1.807) is 0 Å². The Balaban J connectivity index is 0.00000128. The van der Waals surface area contributed by atoms with E-state index < -0.39 is 0 Å². The lowest BCUT2D eigenvalue weighted by atomic mass is 10.2. The van der Waals surface area contributed by atoms with Gasteiger partial charge in [0.1, 0.15) is 0 Å². The number of carbonyl (C=O) groups is 1. The number of benzene rings is 1. The number of carbonyl (C=O) groups excluding carboxylic acids is 1. The summed E-state index contributed by atoms with van der Waals surface area (Å²) in [5, 5.41) is 0. The van der Waals surface area contributed by atoms with Crippen molar-refractivity contribution in [1.29, 1.82) is 0 Å². The molecule has 16 heavy (non-hydrogen) atoms. The Morgan fingerprint density at radius 1 is 1.06 bits per heavy atom. The van der Waals surface area contributed by atoms with Gasteiger partial charge in [-0.25, -0.2) is 0 Å². The van der Waals surface area contributed by atoms with Gasteiger partial charge in [-0.1, -0.05) is 30.3 Å². The zero-order valence-corrected chi connectivity index (χ0v) is 10.0. The molecule has 1 fully saturated rings. The summed E-state index contributed by atoms with van der Waals surface area (Å²) in [5.74, 6) is 0. The van der Waals surface area contributed by atoms with Gasteiger partial charge in [0.15, 0.2) is 0 Å². The van der Waals surface area contributed by atoms with Crippen LogP contribution in [0, 0.1) is 0 Å². The number of amides is 1. The van der Waals surface area contributed by atoms with E-state index in [1.807, 2.05) is 11.0 Å². The molecule has 1 saturated heterocycles. The first-order valence-electron chi connectivity index (χ1n) is 5.34. The van der Waals surface area contributed by atoms with Gasteiger partial charge in [-0.15, -0.1) is 12.4 Å². The van der Waals surface area contributed by atoms with E-state index in [9.17, 15) is 4.79 Å². The Kier molecular flexibility index (Phi) is 5.29. The first-order valence-corrected chi connectivity index (χ1v) is 5.34. The first-order chi connectivity index (χ1) is 7.38. The Morgan fingerprint density at radius 3 is 2.25 bits per heavy atom. The van der Waals surface area contributed by atoms with Gasteiger partial charge in [0.25, 0.3) is 0 Å². The molecule has 0 bridgehead atoms. The topological polar surface area (TPSA) is 23.6 Å². The van der Waals surface area contributed by atoms with Crippen molar-refractivity contribution in [3.05, 3.63) is 35.9 Å². The Morgan fingerprint density at radius 2 is 1.69 bits per heavy atom. The van der Waals surface area contributed by atoms with Crippen molar-refractivity contribution in [3.8, 4) is 0 Å². The minimum atomic E-state index is 0. The molecule has 0 radical (unpaired) electrons. The number of nitrogens with zero attached hydrogens (tertiary/aromatic N) is 2. The molecule has 0 unspecified atom stereocenters. The van der Waals surface area contributed by atoms with Crippen LogP contribution < -0.4 is 0 Å². The van der Waals surface area contributed by atoms with Gasteiger partial charge in [0, 0.05) is 32.7 Å². The number of piperazine rings is 1. The van der Waals surface area contributed by atoms with Crippen LogP contribution in [-0.4, -0.2) is 42.4 Å². The molecule has 0 aliphatic carbocycles. The van der Waals surface area contributed by atoms with Crippen LogP contribution in [-0.2, 0) is 11.3 Å². The third-order valence-corrected chi connectivity index (χ3v) is 2.80. The van der Waals surface area contributed by atoms with Crippen molar-refractivity contribution < 1.29 is 4.79 Å². The molecule has 1 aromatic rings. The number of halogens is 1. The smallest absolute Gasteiger partial charge is 0.209 e. The fourth-order valence-corrected chi connectivity index (χ4v) is 1.87. The molecule has 0 saturated carbocycles. The highest BCUT2D eigenvalue weighted by atomic mass is 35.5. The highest BCUT2D eigenvalue weighted by Gasteiger charge is 2.14. The third kappa shape index (κ3) is 3.51. The molecule has 1 heterocycles. The van der Waals surface area contributed by atoms with E-state index in [-0.39, 0.29) is 12.4 Å². The number of rotatable bonds is 3. The lowest BCUT2D eigenvalue weighted by Crippen LogP contribution is -2.45. The van der Waals surface area contributed by atoms with Crippen molar-refractivity contribution in [2.45, 2.75) is 6.54 Å². The minimum absolute atomic E-state index is 0. The zero-order valence-electron chi connectivity index (χ0n) is 9.21. The maximum absolute atomic E-state index is 10.5. The summed E-state index contributed by atoms with van der Waals surface area (Å²) in [4.78, 5) is 14.8. The zero-order chi connectivity index (χ0) is 10.5. The molecule has 0 N–H and O–H groups in total.